The molecule has 0 aliphatic heterocycles. The average Bonchev–Trinajstić information content (AvgIpc) is 3.30. The monoisotopic (exact) mass is 296 g/mol. The fourth-order valence-electron chi connectivity index (χ4n) is 4.43. The molecule has 1 heteroatoms. The maximum atomic E-state index is 3.06. The maximum Gasteiger partial charge on any atom is -0.0238 e. The van der Waals surface area contributed by atoms with E-state index in [1.165, 1.54) is 57.8 Å². The molecule has 0 radical (unpaired) electrons. The first-order chi connectivity index (χ1) is 9.32. The van der Waals surface area contributed by atoms with Gasteiger partial charge >= 0.3 is 0 Å². The molecule has 0 bridgehead atoms. The molecule has 0 nitrogen and oxygen atoms in total. The molecule has 2 fully saturated rings. The Bertz CT molecular complexity index is 327. The van der Waals surface area contributed by atoms with Gasteiger partial charge in [0, 0.05) is 0 Å². The zero-order valence-electron chi connectivity index (χ0n) is 14.6. The molecule has 0 heterocycles. The summed E-state index contributed by atoms with van der Waals surface area (Å²) in [5.41, 5.74) is 2.73. The van der Waals surface area contributed by atoms with Crippen LogP contribution in [0.25, 0.3) is 0 Å². The van der Waals surface area contributed by atoms with Crippen molar-refractivity contribution in [3.63, 3.8) is 0 Å². The number of hydrogen-bond donors (Lipinski definition) is 0. The molecular weight excluding hydrogens is 259 g/mol. The third kappa shape index (κ3) is 3.26. The summed E-state index contributed by atoms with van der Waals surface area (Å²) < 4.78 is 0. The first-order valence-electron chi connectivity index (χ1n) is 9.07. The highest BCUT2D eigenvalue weighted by atomic mass is 31.0. The van der Waals surface area contributed by atoms with Gasteiger partial charge in [-0.25, -0.2) is 0 Å². The zero-order chi connectivity index (χ0) is 15.0. The van der Waals surface area contributed by atoms with E-state index in [0.29, 0.717) is 10.8 Å². The van der Waals surface area contributed by atoms with Crippen molar-refractivity contribution in [2.24, 2.45) is 22.2 Å². The summed E-state index contributed by atoms with van der Waals surface area (Å²) >= 11 is 0. The van der Waals surface area contributed by atoms with Crippen LogP contribution in [0, 0.1) is 22.2 Å². The first-order valence-corrected chi connectivity index (χ1v) is 9.74. The summed E-state index contributed by atoms with van der Waals surface area (Å²) in [6.07, 6.45) is 13.3. The molecule has 4 atom stereocenters. The van der Waals surface area contributed by atoms with Crippen LogP contribution < -0.4 is 0 Å². The Kier molecular flexibility index (Phi) is 4.96. The second kappa shape index (κ2) is 5.91. The fraction of sp³-hybridized carbons (Fsp3) is 1.00. The van der Waals surface area contributed by atoms with Gasteiger partial charge in [-0.1, -0.05) is 53.9 Å². The highest BCUT2D eigenvalue weighted by Gasteiger charge is 2.60. The summed E-state index contributed by atoms with van der Waals surface area (Å²) in [5.74, 6) is 0.967. The Hall–Kier alpha value is 0.430. The third-order valence-electron chi connectivity index (χ3n) is 7.14. The van der Waals surface area contributed by atoms with E-state index in [1.54, 1.807) is 0 Å². The van der Waals surface area contributed by atoms with Gasteiger partial charge in [0.2, 0.25) is 0 Å². The second-order valence-corrected chi connectivity index (χ2v) is 9.69. The van der Waals surface area contributed by atoms with Gasteiger partial charge in [-0.05, 0) is 66.3 Å². The molecule has 4 unspecified atom stereocenters. The lowest BCUT2D eigenvalue weighted by Gasteiger charge is -2.33. The van der Waals surface area contributed by atoms with Crippen molar-refractivity contribution in [3.8, 4) is 0 Å². The van der Waals surface area contributed by atoms with E-state index in [9.17, 15) is 0 Å². The molecule has 0 aromatic carbocycles. The quantitative estimate of drug-likeness (QED) is 0.429. The molecule has 118 valence electrons. The van der Waals surface area contributed by atoms with Crippen molar-refractivity contribution in [1.29, 1.82) is 0 Å². The number of rotatable bonds is 9. The Morgan fingerprint density at radius 1 is 1.15 bits per heavy atom. The van der Waals surface area contributed by atoms with Gasteiger partial charge in [0.05, 0.1) is 0 Å². The van der Waals surface area contributed by atoms with Crippen LogP contribution in [0.4, 0.5) is 0 Å². The van der Waals surface area contributed by atoms with E-state index in [4.69, 9.17) is 0 Å². The Morgan fingerprint density at radius 2 is 1.80 bits per heavy atom. The van der Waals surface area contributed by atoms with Crippen molar-refractivity contribution in [2.45, 2.75) is 98.1 Å². The normalized spacial score (nSPS) is 33.0. The maximum absolute atomic E-state index is 3.06. The lowest BCUT2D eigenvalue weighted by Crippen LogP contribution is -2.27. The molecule has 0 aromatic rings. The van der Waals surface area contributed by atoms with Crippen LogP contribution in [-0.2, 0) is 0 Å². The van der Waals surface area contributed by atoms with Crippen LogP contribution >= 0.6 is 9.24 Å². The predicted molar refractivity (Wildman–Crippen MR) is 94.2 cm³/mol. The van der Waals surface area contributed by atoms with E-state index in [-0.39, 0.29) is 0 Å². The van der Waals surface area contributed by atoms with Gasteiger partial charge in [-0.3, -0.25) is 0 Å². The van der Waals surface area contributed by atoms with Gasteiger partial charge < -0.3 is 0 Å². The van der Waals surface area contributed by atoms with Gasteiger partial charge in [0.1, 0.15) is 0 Å². The van der Waals surface area contributed by atoms with Gasteiger partial charge in [0.15, 0.2) is 0 Å². The number of unbranched alkanes of at least 4 members (excludes halogenated alkanes) is 1. The summed E-state index contributed by atoms with van der Waals surface area (Å²) in [6, 6.07) is 0. The summed E-state index contributed by atoms with van der Waals surface area (Å²) in [4.78, 5) is 0. The summed E-state index contributed by atoms with van der Waals surface area (Å²) in [6.45, 7) is 12.2. The van der Waals surface area contributed by atoms with E-state index in [1.807, 2.05) is 0 Å². The molecule has 2 aliphatic rings. The third-order valence-corrected chi connectivity index (χ3v) is 8.00. The first kappa shape index (κ1) is 16.8. The minimum Gasteiger partial charge on any atom is -0.134 e. The van der Waals surface area contributed by atoms with Gasteiger partial charge in [0.25, 0.3) is 0 Å². The molecule has 2 saturated carbocycles. The minimum atomic E-state index is 0.501. The van der Waals surface area contributed by atoms with Crippen LogP contribution in [0.2, 0.25) is 0 Å². The highest BCUT2D eigenvalue weighted by Crippen LogP contribution is 2.68. The lowest BCUT2D eigenvalue weighted by atomic mass is 9.76. The fourth-order valence-corrected chi connectivity index (χ4v) is 4.66. The standard InChI is InChI=1S/C19H37P/c1-6-8-9-18(10-11-18)12-13-19(7-2)14-16(19)17(4,5)15(3)20/h15-16H,6-14,20H2,1-5H3. The molecule has 20 heavy (non-hydrogen) atoms. The summed E-state index contributed by atoms with van der Waals surface area (Å²) in [7, 11) is 3.06. The topological polar surface area (TPSA) is 0 Å². The van der Waals surface area contributed by atoms with E-state index in [0.717, 1.165) is 17.0 Å². The van der Waals surface area contributed by atoms with Crippen LogP contribution in [0.3, 0.4) is 0 Å². The largest absolute Gasteiger partial charge is 0.134 e. The van der Waals surface area contributed by atoms with Crippen LogP contribution in [0.1, 0.15) is 92.4 Å². The molecular formula is C19H37P. The highest BCUT2D eigenvalue weighted by molar-refractivity contribution is 7.17. The van der Waals surface area contributed by atoms with E-state index >= 15 is 0 Å². The second-order valence-electron chi connectivity index (χ2n) is 8.69. The lowest BCUT2D eigenvalue weighted by molar-refractivity contribution is 0.221. The zero-order valence-corrected chi connectivity index (χ0v) is 15.8. The van der Waals surface area contributed by atoms with Crippen molar-refractivity contribution in [3.05, 3.63) is 0 Å². The van der Waals surface area contributed by atoms with Crippen molar-refractivity contribution < 1.29 is 0 Å². The van der Waals surface area contributed by atoms with Crippen LogP contribution in [0.15, 0.2) is 0 Å². The van der Waals surface area contributed by atoms with Crippen LogP contribution in [0.5, 0.6) is 0 Å². The Morgan fingerprint density at radius 3 is 2.25 bits per heavy atom. The molecule has 0 spiro atoms. The van der Waals surface area contributed by atoms with E-state index in [2.05, 4.69) is 43.9 Å². The summed E-state index contributed by atoms with van der Waals surface area (Å²) in [5, 5.41) is 0. The minimum absolute atomic E-state index is 0.501. The van der Waals surface area contributed by atoms with Crippen molar-refractivity contribution in [2.75, 3.05) is 0 Å². The molecule has 0 saturated heterocycles. The predicted octanol–water partition coefficient (Wildman–Crippen LogP) is 6.44. The molecule has 0 amide bonds. The van der Waals surface area contributed by atoms with Crippen molar-refractivity contribution in [1.82, 2.24) is 0 Å². The molecule has 2 rings (SSSR count). The average molecular weight is 296 g/mol. The van der Waals surface area contributed by atoms with Gasteiger partial charge in [-0.2, -0.15) is 0 Å². The van der Waals surface area contributed by atoms with E-state index < -0.39 is 0 Å². The van der Waals surface area contributed by atoms with Crippen LogP contribution in [-0.4, -0.2) is 5.66 Å². The SMILES string of the molecule is CCCCC1(CCC2(CC)CC2C(C)(C)C(C)P)CC1. The molecule has 0 N–H and O–H groups in total. The molecule has 0 aromatic heterocycles. The Labute approximate surface area is 130 Å². The number of hydrogen-bond acceptors (Lipinski definition) is 0. The Balaban J connectivity index is 1.89. The van der Waals surface area contributed by atoms with Gasteiger partial charge in [-0.15, -0.1) is 9.24 Å². The van der Waals surface area contributed by atoms with Crippen molar-refractivity contribution >= 4 is 9.24 Å². The smallest absolute Gasteiger partial charge is 0.0238 e. The molecule has 2 aliphatic carbocycles.